The number of rotatable bonds is 3. The molecule has 0 amide bonds. The van der Waals surface area contributed by atoms with Crippen molar-refractivity contribution in [3.8, 4) is 0 Å². The van der Waals surface area contributed by atoms with E-state index in [4.69, 9.17) is 9.52 Å². The normalized spacial score (nSPS) is 11.7. The van der Waals surface area contributed by atoms with Gasteiger partial charge < -0.3 is 9.52 Å². The lowest BCUT2D eigenvalue weighted by Crippen LogP contribution is -2.07. The third-order valence-electron chi connectivity index (χ3n) is 1.81. The minimum absolute atomic E-state index is 0.0551. The van der Waals surface area contributed by atoms with Crippen LogP contribution < -0.4 is 0 Å². The molecule has 0 bridgehead atoms. The molecule has 0 aromatic carbocycles. The van der Waals surface area contributed by atoms with Crippen molar-refractivity contribution in [2.24, 2.45) is 0 Å². The Morgan fingerprint density at radius 2 is 2.13 bits per heavy atom. The van der Waals surface area contributed by atoms with Gasteiger partial charge in [-0.1, -0.05) is 20.8 Å². The highest BCUT2D eigenvalue weighted by molar-refractivity contribution is 7.99. The number of thioether (sulfide) groups is 1. The van der Waals surface area contributed by atoms with Crippen molar-refractivity contribution in [2.75, 3.05) is 0 Å². The summed E-state index contributed by atoms with van der Waals surface area (Å²) < 4.78 is 5.41. The second kappa shape index (κ2) is 4.31. The van der Waals surface area contributed by atoms with Gasteiger partial charge in [-0.3, -0.25) is 0 Å². The highest BCUT2D eigenvalue weighted by Crippen LogP contribution is 2.28. The van der Waals surface area contributed by atoms with Crippen LogP contribution in [0.1, 0.15) is 42.6 Å². The molecule has 0 radical (unpaired) electrons. The summed E-state index contributed by atoms with van der Waals surface area (Å²) in [6, 6.07) is 1.79. The Balaban J connectivity index is 2.72. The average molecular weight is 228 g/mol. The zero-order valence-electron chi connectivity index (χ0n) is 9.46. The summed E-state index contributed by atoms with van der Waals surface area (Å²) in [5, 5.41) is 8.81. The zero-order valence-corrected chi connectivity index (χ0v) is 10.3. The van der Waals surface area contributed by atoms with E-state index in [-0.39, 0.29) is 10.5 Å². The SMILES string of the molecule is Cc1cc(CSC(C)(C)C)oc1C(=O)O. The van der Waals surface area contributed by atoms with Crippen LogP contribution in [0.15, 0.2) is 10.5 Å². The molecule has 84 valence electrons. The molecule has 1 heterocycles. The molecule has 1 aromatic heterocycles. The van der Waals surface area contributed by atoms with Crippen molar-refractivity contribution in [1.82, 2.24) is 0 Å². The van der Waals surface area contributed by atoms with Gasteiger partial charge in [0.15, 0.2) is 0 Å². The van der Waals surface area contributed by atoms with Crippen molar-refractivity contribution in [3.63, 3.8) is 0 Å². The molecule has 1 N–H and O–H groups in total. The molecule has 0 aliphatic heterocycles. The summed E-state index contributed by atoms with van der Waals surface area (Å²) in [6.07, 6.45) is 0. The maximum Gasteiger partial charge on any atom is 0.372 e. The minimum Gasteiger partial charge on any atom is -0.475 e. The smallest absolute Gasteiger partial charge is 0.372 e. The molecule has 0 fully saturated rings. The number of hydrogen-bond acceptors (Lipinski definition) is 3. The Kier molecular flexibility index (Phi) is 3.50. The fourth-order valence-electron chi connectivity index (χ4n) is 1.12. The van der Waals surface area contributed by atoms with Crippen LogP contribution in [-0.4, -0.2) is 15.8 Å². The Bertz CT molecular complexity index is 360. The lowest BCUT2D eigenvalue weighted by molar-refractivity contribution is 0.0659. The first kappa shape index (κ1) is 12.2. The van der Waals surface area contributed by atoms with Gasteiger partial charge in [-0.25, -0.2) is 4.79 Å². The Morgan fingerprint density at radius 3 is 2.53 bits per heavy atom. The molecule has 0 saturated carbocycles. The van der Waals surface area contributed by atoms with Crippen LogP contribution in [0.2, 0.25) is 0 Å². The van der Waals surface area contributed by atoms with Gasteiger partial charge in [0, 0.05) is 10.3 Å². The van der Waals surface area contributed by atoms with Crippen molar-refractivity contribution >= 4 is 17.7 Å². The highest BCUT2D eigenvalue weighted by atomic mass is 32.2. The maximum atomic E-state index is 10.7. The number of aromatic carboxylic acids is 1. The number of aryl methyl sites for hydroxylation is 1. The maximum absolute atomic E-state index is 10.7. The van der Waals surface area contributed by atoms with Crippen molar-refractivity contribution < 1.29 is 14.3 Å². The minimum atomic E-state index is -1.00. The molecule has 0 unspecified atom stereocenters. The Morgan fingerprint density at radius 1 is 1.53 bits per heavy atom. The third kappa shape index (κ3) is 3.63. The van der Waals surface area contributed by atoms with E-state index in [9.17, 15) is 4.79 Å². The lowest BCUT2D eigenvalue weighted by Gasteiger charge is -2.16. The van der Waals surface area contributed by atoms with Crippen LogP contribution in [0, 0.1) is 6.92 Å². The molecule has 1 aromatic rings. The Labute approximate surface area is 93.9 Å². The van der Waals surface area contributed by atoms with E-state index in [1.807, 2.05) is 0 Å². The number of hydrogen-bond donors (Lipinski definition) is 1. The average Bonchev–Trinajstić information content (AvgIpc) is 2.42. The van der Waals surface area contributed by atoms with E-state index in [2.05, 4.69) is 20.8 Å². The third-order valence-corrected chi connectivity index (χ3v) is 3.11. The summed E-state index contributed by atoms with van der Waals surface area (Å²) in [4.78, 5) is 10.7. The number of carbonyl (C=O) groups is 1. The van der Waals surface area contributed by atoms with Crippen molar-refractivity contribution in [2.45, 2.75) is 38.2 Å². The van der Waals surface area contributed by atoms with Crippen LogP contribution in [-0.2, 0) is 5.75 Å². The quantitative estimate of drug-likeness (QED) is 0.862. The van der Waals surface area contributed by atoms with Gasteiger partial charge in [0.05, 0.1) is 5.75 Å². The van der Waals surface area contributed by atoms with E-state index in [1.54, 1.807) is 24.8 Å². The predicted octanol–water partition coefficient (Wildman–Crippen LogP) is 3.32. The van der Waals surface area contributed by atoms with E-state index in [1.165, 1.54) is 0 Å². The van der Waals surface area contributed by atoms with Crippen LogP contribution >= 0.6 is 11.8 Å². The largest absolute Gasteiger partial charge is 0.475 e. The number of carboxylic acids is 1. The van der Waals surface area contributed by atoms with Gasteiger partial charge in [0.2, 0.25) is 5.76 Å². The van der Waals surface area contributed by atoms with Crippen molar-refractivity contribution in [1.29, 1.82) is 0 Å². The van der Waals surface area contributed by atoms with Gasteiger partial charge >= 0.3 is 5.97 Å². The topological polar surface area (TPSA) is 50.4 Å². The van der Waals surface area contributed by atoms with Gasteiger partial charge in [0.1, 0.15) is 5.76 Å². The van der Waals surface area contributed by atoms with Crippen LogP contribution in [0.25, 0.3) is 0 Å². The van der Waals surface area contributed by atoms with Gasteiger partial charge in [0.25, 0.3) is 0 Å². The predicted molar refractivity (Wildman–Crippen MR) is 61.5 cm³/mol. The summed E-state index contributed by atoms with van der Waals surface area (Å²) in [5.74, 6) is 0.487. The molecular formula is C11H16O3S. The fourth-order valence-corrected chi connectivity index (χ4v) is 1.84. The lowest BCUT2D eigenvalue weighted by atomic mass is 10.3. The molecule has 0 saturated heterocycles. The van der Waals surface area contributed by atoms with Crippen LogP contribution in [0.5, 0.6) is 0 Å². The second-order valence-electron chi connectivity index (χ2n) is 4.43. The second-order valence-corrected chi connectivity index (χ2v) is 6.23. The van der Waals surface area contributed by atoms with Gasteiger partial charge in [-0.2, -0.15) is 0 Å². The van der Waals surface area contributed by atoms with E-state index >= 15 is 0 Å². The molecular weight excluding hydrogens is 212 g/mol. The number of furan rings is 1. The molecule has 3 nitrogen and oxygen atoms in total. The zero-order chi connectivity index (χ0) is 11.6. The fraction of sp³-hybridized carbons (Fsp3) is 0.545. The molecule has 0 atom stereocenters. The molecule has 4 heteroatoms. The first-order valence-electron chi connectivity index (χ1n) is 4.76. The Hall–Kier alpha value is -0.900. The molecule has 15 heavy (non-hydrogen) atoms. The molecule has 0 aliphatic rings. The summed E-state index contributed by atoms with van der Waals surface area (Å²) in [6.45, 7) is 8.10. The van der Waals surface area contributed by atoms with Crippen molar-refractivity contribution in [3.05, 3.63) is 23.2 Å². The van der Waals surface area contributed by atoms with E-state index in [0.29, 0.717) is 11.3 Å². The van der Waals surface area contributed by atoms with Gasteiger partial charge in [-0.15, -0.1) is 11.8 Å². The molecule has 0 aliphatic carbocycles. The van der Waals surface area contributed by atoms with Crippen LogP contribution in [0.4, 0.5) is 0 Å². The first-order valence-corrected chi connectivity index (χ1v) is 5.75. The molecule has 0 spiro atoms. The van der Waals surface area contributed by atoms with Crippen LogP contribution in [0.3, 0.4) is 0 Å². The first-order chi connectivity index (χ1) is 6.79. The summed E-state index contributed by atoms with van der Waals surface area (Å²) in [7, 11) is 0. The van der Waals surface area contributed by atoms with E-state index in [0.717, 1.165) is 5.76 Å². The molecule has 1 rings (SSSR count). The monoisotopic (exact) mass is 228 g/mol. The van der Waals surface area contributed by atoms with E-state index < -0.39 is 5.97 Å². The summed E-state index contributed by atoms with van der Waals surface area (Å²) in [5.41, 5.74) is 0.687. The standard InChI is InChI=1S/C11H16O3S/c1-7-5-8(6-15-11(2,3)4)14-9(7)10(12)13/h5H,6H2,1-4H3,(H,12,13). The van der Waals surface area contributed by atoms with Gasteiger partial charge in [-0.05, 0) is 13.0 Å². The number of carboxylic acid groups (broad SMARTS) is 1. The summed E-state index contributed by atoms with van der Waals surface area (Å²) >= 11 is 1.73. The highest BCUT2D eigenvalue weighted by Gasteiger charge is 2.16.